The van der Waals surface area contributed by atoms with E-state index < -0.39 is 0 Å². The fourth-order valence-electron chi connectivity index (χ4n) is 3.93. The Morgan fingerprint density at radius 3 is 2.38 bits per heavy atom. The van der Waals surface area contributed by atoms with Gasteiger partial charge in [0.15, 0.2) is 10.6 Å². The molecule has 0 amide bonds. The molecule has 0 saturated carbocycles. The van der Waals surface area contributed by atoms with Crippen molar-refractivity contribution in [1.29, 1.82) is 0 Å². The topological polar surface area (TPSA) is 36.9 Å². The highest BCUT2D eigenvalue weighted by Gasteiger charge is 2.15. The summed E-state index contributed by atoms with van der Waals surface area (Å²) in [5.41, 5.74) is 7.22. The lowest BCUT2D eigenvalue weighted by atomic mass is 9.95. The standard InChI is InChI=1S/C24H32N4S/c1-15(2)14-27(7)22-13-20(11-9-18(22)6)28-23(25-26-24(28)29)19-10-8-17(5)21(12-19)16(3)4/h8-13,15-16H,14H2,1-7H3,(H,26,29). The van der Waals surface area contributed by atoms with Crippen LogP contribution in [0.5, 0.6) is 0 Å². The molecule has 1 N–H and O–H groups in total. The lowest BCUT2D eigenvalue weighted by molar-refractivity contribution is 0.637. The van der Waals surface area contributed by atoms with Gasteiger partial charge in [0.25, 0.3) is 0 Å². The summed E-state index contributed by atoms with van der Waals surface area (Å²) in [4.78, 5) is 2.32. The van der Waals surface area contributed by atoms with E-state index in [1.165, 1.54) is 22.4 Å². The van der Waals surface area contributed by atoms with E-state index in [1.807, 2.05) is 4.57 Å². The maximum atomic E-state index is 5.61. The van der Waals surface area contributed by atoms with Gasteiger partial charge in [-0.25, -0.2) is 0 Å². The minimum atomic E-state index is 0.459. The number of anilines is 1. The van der Waals surface area contributed by atoms with E-state index in [9.17, 15) is 0 Å². The number of H-pyrrole nitrogens is 1. The molecule has 0 spiro atoms. The molecule has 0 aliphatic heterocycles. The van der Waals surface area contributed by atoms with Crippen LogP contribution in [0.25, 0.3) is 17.1 Å². The Kier molecular flexibility index (Phi) is 6.27. The van der Waals surface area contributed by atoms with Crippen molar-refractivity contribution >= 4 is 17.9 Å². The number of aromatic nitrogens is 3. The average Bonchev–Trinajstić information content (AvgIpc) is 3.03. The van der Waals surface area contributed by atoms with Gasteiger partial charge >= 0.3 is 0 Å². The van der Waals surface area contributed by atoms with E-state index in [2.05, 4.69) is 100 Å². The van der Waals surface area contributed by atoms with E-state index in [0.29, 0.717) is 16.6 Å². The summed E-state index contributed by atoms with van der Waals surface area (Å²) in [6.07, 6.45) is 0. The maximum absolute atomic E-state index is 5.61. The molecule has 1 heterocycles. The van der Waals surface area contributed by atoms with Crippen molar-refractivity contribution < 1.29 is 0 Å². The molecule has 0 aliphatic carbocycles. The summed E-state index contributed by atoms with van der Waals surface area (Å²) in [6, 6.07) is 13.0. The highest BCUT2D eigenvalue weighted by atomic mass is 32.1. The Labute approximate surface area is 179 Å². The van der Waals surface area contributed by atoms with Crippen molar-refractivity contribution in [1.82, 2.24) is 14.8 Å². The molecule has 154 valence electrons. The van der Waals surface area contributed by atoms with Crippen molar-refractivity contribution in [3.05, 3.63) is 57.9 Å². The number of benzene rings is 2. The van der Waals surface area contributed by atoms with E-state index in [1.54, 1.807) is 0 Å². The van der Waals surface area contributed by atoms with Crippen LogP contribution >= 0.6 is 12.2 Å². The number of hydrogen-bond donors (Lipinski definition) is 1. The molecule has 0 unspecified atom stereocenters. The molecule has 2 aromatic carbocycles. The van der Waals surface area contributed by atoms with Crippen molar-refractivity contribution in [3.8, 4) is 17.1 Å². The van der Waals surface area contributed by atoms with Crippen LogP contribution in [0.2, 0.25) is 0 Å². The van der Waals surface area contributed by atoms with E-state index in [-0.39, 0.29) is 0 Å². The molecule has 0 atom stereocenters. The van der Waals surface area contributed by atoms with Crippen LogP contribution in [-0.4, -0.2) is 28.4 Å². The molecule has 1 aromatic heterocycles. The number of nitrogens with zero attached hydrogens (tertiary/aromatic N) is 3. The molecule has 0 radical (unpaired) electrons. The molecule has 0 bridgehead atoms. The second-order valence-electron chi connectivity index (χ2n) is 8.66. The molecule has 0 aliphatic rings. The Morgan fingerprint density at radius 2 is 1.72 bits per heavy atom. The quantitative estimate of drug-likeness (QED) is 0.478. The van der Waals surface area contributed by atoms with Gasteiger partial charge in [-0.05, 0) is 72.8 Å². The van der Waals surface area contributed by atoms with Gasteiger partial charge in [0.05, 0.1) is 5.69 Å². The van der Waals surface area contributed by atoms with Gasteiger partial charge in [-0.2, -0.15) is 5.10 Å². The zero-order chi connectivity index (χ0) is 21.3. The van der Waals surface area contributed by atoms with Crippen molar-refractivity contribution in [3.63, 3.8) is 0 Å². The third-order valence-corrected chi connectivity index (χ3v) is 5.61. The third-order valence-electron chi connectivity index (χ3n) is 5.33. The van der Waals surface area contributed by atoms with Gasteiger partial charge in [0.2, 0.25) is 0 Å². The average molecular weight is 409 g/mol. The number of hydrogen-bond acceptors (Lipinski definition) is 3. The van der Waals surface area contributed by atoms with Crippen molar-refractivity contribution in [2.75, 3.05) is 18.5 Å². The summed E-state index contributed by atoms with van der Waals surface area (Å²) >= 11 is 5.61. The van der Waals surface area contributed by atoms with E-state index in [4.69, 9.17) is 12.2 Å². The maximum Gasteiger partial charge on any atom is 0.200 e. The molecule has 3 aromatic rings. The fourth-order valence-corrected chi connectivity index (χ4v) is 4.16. The second-order valence-corrected chi connectivity index (χ2v) is 9.05. The Hall–Kier alpha value is -2.40. The lowest BCUT2D eigenvalue weighted by Crippen LogP contribution is -2.23. The van der Waals surface area contributed by atoms with Gasteiger partial charge < -0.3 is 4.90 Å². The molecule has 3 rings (SSSR count). The lowest BCUT2D eigenvalue weighted by Gasteiger charge is -2.24. The summed E-state index contributed by atoms with van der Waals surface area (Å²) in [6.45, 7) is 14.2. The zero-order valence-corrected chi connectivity index (χ0v) is 19.4. The Bertz CT molecular complexity index is 1060. The summed E-state index contributed by atoms with van der Waals surface area (Å²) in [7, 11) is 2.15. The number of aryl methyl sites for hydroxylation is 2. The molecular formula is C24H32N4S. The molecule has 0 saturated heterocycles. The first kappa shape index (κ1) is 21.3. The van der Waals surface area contributed by atoms with Gasteiger partial charge in [0, 0.05) is 24.8 Å². The van der Waals surface area contributed by atoms with Crippen LogP contribution in [-0.2, 0) is 0 Å². The van der Waals surface area contributed by atoms with Crippen LogP contribution in [0.1, 0.15) is 50.3 Å². The fraction of sp³-hybridized carbons (Fsp3) is 0.417. The Morgan fingerprint density at radius 1 is 1.03 bits per heavy atom. The molecule has 4 nitrogen and oxygen atoms in total. The monoisotopic (exact) mass is 408 g/mol. The minimum Gasteiger partial charge on any atom is -0.374 e. The third kappa shape index (κ3) is 4.45. The molecule has 29 heavy (non-hydrogen) atoms. The van der Waals surface area contributed by atoms with Gasteiger partial charge in [-0.15, -0.1) is 0 Å². The van der Waals surface area contributed by atoms with Crippen LogP contribution < -0.4 is 4.90 Å². The van der Waals surface area contributed by atoms with E-state index in [0.717, 1.165) is 23.6 Å². The predicted octanol–water partition coefficient (Wildman–Crippen LogP) is 6.43. The van der Waals surface area contributed by atoms with Gasteiger partial charge in [-0.1, -0.05) is 45.9 Å². The first-order valence-corrected chi connectivity index (χ1v) is 10.7. The predicted molar refractivity (Wildman–Crippen MR) is 126 cm³/mol. The number of rotatable bonds is 6. The van der Waals surface area contributed by atoms with Crippen LogP contribution in [0, 0.1) is 24.5 Å². The van der Waals surface area contributed by atoms with Gasteiger partial charge in [0.1, 0.15) is 0 Å². The van der Waals surface area contributed by atoms with Crippen LogP contribution in [0.3, 0.4) is 0 Å². The van der Waals surface area contributed by atoms with Crippen LogP contribution in [0.4, 0.5) is 5.69 Å². The van der Waals surface area contributed by atoms with Crippen molar-refractivity contribution in [2.45, 2.75) is 47.5 Å². The largest absolute Gasteiger partial charge is 0.374 e. The normalized spacial score (nSPS) is 11.5. The first-order chi connectivity index (χ1) is 13.7. The highest BCUT2D eigenvalue weighted by molar-refractivity contribution is 7.71. The highest BCUT2D eigenvalue weighted by Crippen LogP contribution is 2.29. The summed E-state index contributed by atoms with van der Waals surface area (Å²) < 4.78 is 2.64. The zero-order valence-electron chi connectivity index (χ0n) is 18.6. The van der Waals surface area contributed by atoms with Gasteiger partial charge in [-0.3, -0.25) is 9.67 Å². The summed E-state index contributed by atoms with van der Waals surface area (Å²) in [5, 5.41) is 7.57. The Balaban J connectivity index is 2.12. The SMILES string of the molecule is Cc1ccc(-c2n[nH]c(=S)n2-c2ccc(C)c(N(C)CC(C)C)c2)cc1C(C)C. The number of aromatic amines is 1. The molecule has 5 heteroatoms. The smallest absolute Gasteiger partial charge is 0.200 e. The molecular weight excluding hydrogens is 376 g/mol. The first-order valence-electron chi connectivity index (χ1n) is 10.3. The second kappa shape index (κ2) is 8.54. The number of nitrogens with one attached hydrogen (secondary N) is 1. The summed E-state index contributed by atoms with van der Waals surface area (Å²) in [5.74, 6) is 1.90. The van der Waals surface area contributed by atoms with Crippen LogP contribution in [0.15, 0.2) is 36.4 Å². The minimum absolute atomic E-state index is 0.459. The molecule has 0 fully saturated rings. The van der Waals surface area contributed by atoms with E-state index >= 15 is 0 Å². The van der Waals surface area contributed by atoms with Crippen molar-refractivity contribution in [2.24, 2.45) is 5.92 Å².